The lowest BCUT2D eigenvalue weighted by atomic mass is 10.1. The predicted molar refractivity (Wildman–Crippen MR) is 120 cm³/mol. The van der Waals surface area contributed by atoms with Crippen LogP contribution in [0.1, 0.15) is 28.9 Å². The molecular weight excluding hydrogens is 454 g/mol. The zero-order chi connectivity index (χ0) is 21.0. The Labute approximate surface area is 190 Å². The number of hydrazone groups is 1. The molecule has 1 amide bonds. The van der Waals surface area contributed by atoms with E-state index in [2.05, 4.69) is 20.6 Å². The van der Waals surface area contributed by atoms with Gasteiger partial charge in [0.25, 0.3) is 5.91 Å². The van der Waals surface area contributed by atoms with Gasteiger partial charge in [0.15, 0.2) is 4.34 Å². The molecule has 0 aromatic carbocycles. The molecule has 8 nitrogen and oxygen atoms in total. The zero-order valence-corrected chi connectivity index (χ0v) is 18.6. The molecule has 0 saturated heterocycles. The molecule has 0 bridgehead atoms. The van der Waals surface area contributed by atoms with Crippen LogP contribution in [-0.4, -0.2) is 32.6 Å². The van der Waals surface area contributed by atoms with Crippen LogP contribution >= 0.6 is 34.4 Å². The van der Waals surface area contributed by atoms with E-state index in [0.29, 0.717) is 22.4 Å². The van der Waals surface area contributed by atoms with Crippen LogP contribution in [0.25, 0.3) is 0 Å². The summed E-state index contributed by atoms with van der Waals surface area (Å²) in [5, 5.41) is 20.3. The molecule has 4 aromatic rings. The predicted octanol–water partition coefficient (Wildman–Crippen LogP) is 4.87. The molecule has 1 unspecified atom stereocenters. The summed E-state index contributed by atoms with van der Waals surface area (Å²) in [7, 11) is 0. The number of thioether (sulfide) groups is 1. The third kappa shape index (κ3) is 4.58. The molecule has 1 N–H and O–H groups in total. The van der Waals surface area contributed by atoms with Crippen LogP contribution in [-0.2, 0) is 11.3 Å². The molecule has 4 aromatic heterocycles. The second-order valence-corrected chi connectivity index (χ2v) is 9.74. The number of amides is 1. The van der Waals surface area contributed by atoms with Crippen LogP contribution < -0.4 is 5.32 Å². The highest BCUT2D eigenvalue weighted by atomic mass is 32.2. The Balaban J connectivity index is 1.23. The largest absolute Gasteiger partial charge is 0.467 e. The van der Waals surface area contributed by atoms with E-state index in [-0.39, 0.29) is 17.7 Å². The fraction of sp³-hybridized carbons (Fsp3) is 0.200. The molecule has 1 atom stereocenters. The average Bonchev–Trinajstić information content (AvgIpc) is 3.62. The van der Waals surface area contributed by atoms with Gasteiger partial charge in [-0.2, -0.15) is 5.10 Å². The van der Waals surface area contributed by atoms with E-state index in [1.165, 1.54) is 28.1 Å². The molecule has 31 heavy (non-hydrogen) atoms. The fourth-order valence-electron chi connectivity index (χ4n) is 3.14. The highest BCUT2D eigenvalue weighted by Gasteiger charge is 2.35. The Bertz CT molecular complexity index is 1150. The Kier molecular flexibility index (Phi) is 5.87. The van der Waals surface area contributed by atoms with Crippen molar-refractivity contribution in [3.8, 4) is 0 Å². The van der Waals surface area contributed by atoms with E-state index in [0.717, 1.165) is 22.1 Å². The minimum atomic E-state index is -0.236. The van der Waals surface area contributed by atoms with E-state index in [4.69, 9.17) is 8.83 Å². The molecule has 1 aliphatic rings. The highest BCUT2D eigenvalue weighted by Crippen LogP contribution is 2.35. The molecule has 158 valence electrons. The van der Waals surface area contributed by atoms with Gasteiger partial charge in [0.05, 0.1) is 35.4 Å². The lowest BCUT2D eigenvalue weighted by Crippen LogP contribution is -2.28. The summed E-state index contributed by atoms with van der Waals surface area (Å²) in [6, 6.07) is 11.2. The molecular formula is C20H17N5O3S3. The summed E-state index contributed by atoms with van der Waals surface area (Å²) in [5.41, 5.74) is 0.898. The summed E-state index contributed by atoms with van der Waals surface area (Å²) in [6.07, 6.45) is 3.88. The van der Waals surface area contributed by atoms with E-state index in [9.17, 15) is 4.79 Å². The highest BCUT2D eigenvalue weighted by molar-refractivity contribution is 8.01. The normalized spacial score (nSPS) is 15.9. The summed E-state index contributed by atoms with van der Waals surface area (Å²) < 4.78 is 11.6. The Morgan fingerprint density at radius 3 is 2.87 bits per heavy atom. The van der Waals surface area contributed by atoms with Gasteiger partial charge in [-0.15, -0.1) is 21.5 Å². The Hall–Kier alpha value is -2.89. The van der Waals surface area contributed by atoms with Crippen molar-refractivity contribution in [2.24, 2.45) is 5.10 Å². The molecule has 0 fully saturated rings. The number of thiophene rings is 1. The first kappa shape index (κ1) is 20.0. The van der Waals surface area contributed by atoms with Crippen molar-refractivity contribution in [1.29, 1.82) is 0 Å². The first-order valence-corrected chi connectivity index (χ1v) is 12.1. The van der Waals surface area contributed by atoms with Crippen molar-refractivity contribution in [2.75, 3.05) is 11.1 Å². The number of rotatable bonds is 8. The van der Waals surface area contributed by atoms with Crippen LogP contribution in [0.5, 0.6) is 0 Å². The molecule has 11 heteroatoms. The number of nitrogens with zero attached hydrogens (tertiary/aromatic N) is 4. The van der Waals surface area contributed by atoms with Crippen LogP contribution in [0.3, 0.4) is 0 Å². The zero-order valence-electron chi connectivity index (χ0n) is 16.1. The van der Waals surface area contributed by atoms with Gasteiger partial charge in [0.2, 0.25) is 5.13 Å². The van der Waals surface area contributed by atoms with Crippen molar-refractivity contribution >= 4 is 51.2 Å². The average molecular weight is 472 g/mol. The van der Waals surface area contributed by atoms with Crippen LogP contribution in [0, 0.1) is 0 Å². The summed E-state index contributed by atoms with van der Waals surface area (Å²) in [4.78, 5) is 14.1. The molecule has 0 saturated carbocycles. The van der Waals surface area contributed by atoms with Gasteiger partial charge in [-0.05, 0) is 35.7 Å². The number of carbonyl (C=O) groups excluding carboxylic acids is 1. The summed E-state index contributed by atoms with van der Waals surface area (Å²) >= 11 is 4.37. The van der Waals surface area contributed by atoms with Gasteiger partial charge in [0, 0.05) is 6.42 Å². The number of hydrogen-bond donors (Lipinski definition) is 1. The van der Waals surface area contributed by atoms with Gasteiger partial charge >= 0.3 is 0 Å². The van der Waals surface area contributed by atoms with Crippen LogP contribution in [0.15, 0.2) is 72.6 Å². The molecule has 0 radical (unpaired) electrons. The van der Waals surface area contributed by atoms with Crippen LogP contribution in [0.4, 0.5) is 5.13 Å². The van der Waals surface area contributed by atoms with Crippen molar-refractivity contribution in [1.82, 2.24) is 15.2 Å². The van der Waals surface area contributed by atoms with E-state index in [1.54, 1.807) is 23.9 Å². The van der Waals surface area contributed by atoms with E-state index in [1.807, 2.05) is 41.8 Å². The second kappa shape index (κ2) is 9.08. The molecule has 0 spiro atoms. The van der Waals surface area contributed by atoms with Crippen molar-refractivity contribution in [3.63, 3.8) is 0 Å². The number of nitrogens with one attached hydrogen (secondary N) is 1. The number of hydrogen-bond acceptors (Lipinski definition) is 10. The molecule has 1 aliphatic heterocycles. The lowest BCUT2D eigenvalue weighted by Gasteiger charge is -2.19. The van der Waals surface area contributed by atoms with Gasteiger partial charge < -0.3 is 14.2 Å². The third-order valence-corrected chi connectivity index (χ3v) is 7.48. The first-order chi connectivity index (χ1) is 15.3. The van der Waals surface area contributed by atoms with Crippen molar-refractivity contribution in [2.45, 2.75) is 23.3 Å². The van der Waals surface area contributed by atoms with Gasteiger partial charge in [-0.3, -0.25) is 4.79 Å². The molecule has 5 rings (SSSR count). The fourth-order valence-corrected chi connectivity index (χ4v) is 5.46. The quantitative estimate of drug-likeness (QED) is 0.366. The van der Waals surface area contributed by atoms with E-state index < -0.39 is 0 Å². The van der Waals surface area contributed by atoms with E-state index >= 15 is 0 Å². The van der Waals surface area contributed by atoms with Crippen LogP contribution in [0.2, 0.25) is 0 Å². The monoisotopic (exact) mass is 471 g/mol. The Morgan fingerprint density at radius 1 is 1.19 bits per heavy atom. The van der Waals surface area contributed by atoms with Gasteiger partial charge in [-0.1, -0.05) is 29.2 Å². The van der Waals surface area contributed by atoms with Gasteiger partial charge in [0.1, 0.15) is 17.6 Å². The molecule has 5 heterocycles. The third-order valence-electron chi connectivity index (χ3n) is 4.56. The maximum atomic E-state index is 13.0. The summed E-state index contributed by atoms with van der Waals surface area (Å²) in [6.45, 7) is 0.532. The maximum absolute atomic E-state index is 13.0. The van der Waals surface area contributed by atoms with Gasteiger partial charge in [-0.25, -0.2) is 5.01 Å². The number of carbonyl (C=O) groups is 1. The molecule has 0 aliphatic carbocycles. The Morgan fingerprint density at radius 2 is 2.10 bits per heavy atom. The van der Waals surface area contributed by atoms with Crippen molar-refractivity contribution in [3.05, 3.63) is 70.7 Å². The summed E-state index contributed by atoms with van der Waals surface area (Å²) in [5.74, 6) is 1.66. The van der Waals surface area contributed by atoms with Crippen molar-refractivity contribution < 1.29 is 13.6 Å². The maximum Gasteiger partial charge on any atom is 0.253 e. The SMILES string of the molecule is O=C(CSc1nnc(NCc2ccco2)s1)N1N=C(c2cccs2)CC1c1ccco1. The smallest absolute Gasteiger partial charge is 0.253 e. The number of aromatic nitrogens is 2. The number of furan rings is 2. The minimum absolute atomic E-state index is 0.0988. The minimum Gasteiger partial charge on any atom is -0.467 e. The lowest BCUT2D eigenvalue weighted by molar-refractivity contribution is -0.130. The second-order valence-electron chi connectivity index (χ2n) is 6.59. The first-order valence-electron chi connectivity index (χ1n) is 9.45. The number of anilines is 1. The topological polar surface area (TPSA) is 96.8 Å². The standard InChI is InChI=1S/C20H17N5O3S3/c26-18(12-30-20-23-22-19(31-20)21-11-13-4-1-7-27-13)25-15(16-5-2-8-28-16)10-14(24-25)17-6-3-9-29-17/h1-9,15H,10-12H2,(H,21,22).